The fourth-order valence-electron chi connectivity index (χ4n) is 0.477. The van der Waals surface area contributed by atoms with Crippen LogP contribution in [-0.2, 0) is 4.74 Å². The van der Waals surface area contributed by atoms with E-state index in [0.29, 0.717) is 12.7 Å². The van der Waals surface area contributed by atoms with Gasteiger partial charge in [-0.3, -0.25) is 0 Å². The van der Waals surface area contributed by atoms with Crippen molar-refractivity contribution < 1.29 is 17.9 Å². The summed E-state index contributed by atoms with van der Waals surface area (Å²) in [6.07, 6.45) is 1.66. The lowest BCUT2D eigenvalue weighted by atomic mass is 10.3. The van der Waals surface area contributed by atoms with Gasteiger partial charge in [0, 0.05) is 6.61 Å². The number of ether oxygens (including phenoxy) is 1. The molecule has 1 nitrogen and oxygen atoms in total. The average molecular weight is 281 g/mol. The predicted molar refractivity (Wildman–Crippen MR) is 49.2 cm³/mol. The van der Waals surface area contributed by atoms with E-state index >= 15 is 0 Å². The Kier molecular flexibility index (Phi) is 5.32. The van der Waals surface area contributed by atoms with E-state index in [-0.39, 0.29) is 6.61 Å². The molecule has 0 saturated carbocycles. The summed E-state index contributed by atoms with van der Waals surface area (Å²) < 4.78 is 42.3. The Hall–Kier alpha value is 0.260. The van der Waals surface area contributed by atoms with Crippen molar-refractivity contribution in [3.8, 4) is 0 Å². The summed E-state index contributed by atoms with van der Waals surface area (Å²) in [5, 5.41) is -3.22. The molecule has 0 bridgehead atoms. The number of halogens is 5. The van der Waals surface area contributed by atoms with Crippen LogP contribution in [0, 0.1) is 0 Å². The SMILES string of the molecule is CCOCC=CC(F)(Cl)C(F)(F)Br. The zero-order valence-corrected chi connectivity index (χ0v) is 9.21. The topological polar surface area (TPSA) is 9.23 Å². The van der Waals surface area contributed by atoms with Crippen molar-refractivity contribution in [2.75, 3.05) is 13.2 Å². The number of alkyl halides is 5. The Labute approximate surface area is 88.0 Å². The molecule has 0 fully saturated rings. The van der Waals surface area contributed by atoms with Gasteiger partial charge in [0.15, 0.2) is 0 Å². The second kappa shape index (κ2) is 5.22. The van der Waals surface area contributed by atoms with Crippen molar-refractivity contribution in [1.29, 1.82) is 0 Å². The molecule has 6 heteroatoms. The lowest BCUT2D eigenvalue weighted by Gasteiger charge is -2.18. The largest absolute Gasteiger partial charge is 0.378 e. The van der Waals surface area contributed by atoms with Crippen molar-refractivity contribution in [2.45, 2.75) is 16.9 Å². The van der Waals surface area contributed by atoms with Gasteiger partial charge in [0.2, 0.25) is 0 Å². The molecule has 0 aromatic heterocycles. The second-order valence-electron chi connectivity index (χ2n) is 2.18. The fourth-order valence-corrected chi connectivity index (χ4v) is 0.698. The molecule has 0 N–H and O–H groups in total. The van der Waals surface area contributed by atoms with E-state index in [2.05, 4.69) is 0 Å². The van der Waals surface area contributed by atoms with Gasteiger partial charge in [-0.05, 0) is 28.9 Å². The molecule has 0 aromatic carbocycles. The lowest BCUT2D eigenvalue weighted by Crippen LogP contribution is -2.31. The summed E-state index contributed by atoms with van der Waals surface area (Å²) in [4.78, 5) is -3.79. The van der Waals surface area contributed by atoms with Gasteiger partial charge in [0.25, 0.3) is 5.13 Å². The number of rotatable bonds is 5. The highest BCUT2D eigenvalue weighted by Crippen LogP contribution is 2.42. The van der Waals surface area contributed by atoms with Gasteiger partial charge in [-0.25, -0.2) is 4.39 Å². The van der Waals surface area contributed by atoms with Crippen LogP contribution >= 0.6 is 27.5 Å². The molecule has 0 aromatic rings. The minimum Gasteiger partial charge on any atom is -0.378 e. The molecule has 0 radical (unpaired) electrons. The second-order valence-corrected chi connectivity index (χ2v) is 3.73. The van der Waals surface area contributed by atoms with Crippen LogP contribution in [0.4, 0.5) is 13.2 Å². The Bertz CT molecular complexity index is 179. The van der Waals surface area contributed by atoms with Crippen LogP contribution in [0.15, 0.2) is 12.2 Å². The highest BCUT2D eigenvalue weighted by Gasteiger charge is 2.49. The number of allylic oxidation sites excluding steroid dienone is 1. The lowest BCUT2D eigenvalue weighted by molar-refractivity contribution is 0.0214. The van der Waals surface area contributed by atoms with Crippen LogP contribution in [0.3, 0.4) is 0 Å². The van der Waals surface area contributed by atoms with Crippen molar-refractivity contribution in [1.82, 2.24) is 0 Å². The van der Waals surface area contributed by atoms with Crippen molar-refractivity contribution in [3.05, 3.63) is 12.2 Å². The maximum absolute atomic E-state index is 12.9. The normalized spacial score (nSPS) is 17.7. The third-order valence-corrected chi connectivity index (χ3v) is 2.29. The maximum atomic E-state index is 12.9. The van der Waals surface area contributed by atoms with E-state index in [1.54, 1.807) is 6.92 Å². The number of hydrogen-bond donors (Lipinski definition) is 0. The summed E-state index contributed by atoms with van der Waals surface area (Å²) in [5.41, 5.74) is 0. The molecule has 1 unspecified atom stereocenters. The minimum absolute atomic E-state index is 0.0535. The predicted octanol–water partition coefficient (Wildman–Crippen LogP) is 3.47. The molecule has 0 saturated heterocycles. The molecule has 13 heavy (non-hydrogen) atoms. The van der Waals surface area contributed by atoms with Crippen molar-refractivity contribution >= 4 is 27.5 Å². The minimum atomic E-state index is -3.79. The van der Waals surface area contributed by atoms with E-state index in [0.717, 1.165) is 6.08 Å². The zero-order valence-electron chi connectivity index (χ0n) is 6.87. The summed E-state index contributed by atoms with van der Waals surface area (Å²) in [7, 11) is 0. The first-order valence-electron chi connectivity index (χ1n) is 3.51. The monoisotopic (exact) mass is 280 g/mol. The molecule has 78 valence electrons. The van der Waals surface area contributed by atoms with Gasteiger partial charge in [0.1, 0.15) is 0 Å². The van der Waals surface area contributed by atoms with Gasteiger partial charge in [-0.1, -0.05) is 17.7 Å². The van der Waals surface area contributed by atoms with Gasteiger partial charge in [-0.15, -0.1) is 0 Å². The first kappa shape index (κ1) is 13.3. The Morgan fingerprint density at radius 3 is 2.38 bits per heavy atom. The average Bonchev–Trinajstić information content (AvgIpc) is 1.96. The van der Waals surface area contributed by atoms with Crippen molar-refractivity contribution in [2.24, 2.45) is 0 Å². The zero-order chi connectivity index (χ0) is 10.5. The quantitative estimate of drug-likeness (QED) is 0.426. The van der Waals surface area contributed by atoms with Crippen LogP contribution in [0.2, 0.25) is 0 Å². The molecular weight excluding hydrogens is 272 g/mol. The van der Waals surface area contributed by atoms with Gasteiger partial charge >= 0.3 is 4.83 Å². The van der Waals surface area contributed by atoms with Gasteiger partial charge in [0.05, 0.1) is 6.61 Å². The van der Waals surface area contributed by atoms with Crippen LogP contribution < -0.4 is 0 Å². The van der Waals surface area contributed by atoms with E-state index < -0.39 is 9.96 Å². The summed E-state index contributed by atoms with van der Waals surface area (Å²) in [6, 6.07) is 0. The molecule has 0 aliphatic heterocycles. The van der Waals surface area contributed by atoms with Gasteiger partial charge < -0.3 is 4.74 Å². The Balaban J connectivity index is 4.09. The molecule has 0 heterocycles. The first-order chi connectivity index (χ1) is 5.81. The summed E-state index contributed by atoms with van der Waals surface area (Å²) in [6.45, 7) is 2.21. The van der Waals surface area contributed by atoms with E-state index in [1.165, 1.54) is 0 Å². The van der Waals surface area contributed by atoms with E-state index in [1.807, 2.05) is 15.9 Å². The van der Waals surface area contributed by atoms with Crippen LogP contribution in [0.1, 0.15) is 6.92 Å². The van der Waals surface area contributed by atoms with E-state index in [9.17, 15) is 13.2 Å². The highest BCUT2D eigenvalue weighted by molar-refractivity contribution is 9.10. The van der Waals surface area contributed by atoms with Crippen LogP contribution in [-0.4, -0.2) is 23.2 Å². The standard InChI is InChI=1S/C7H9BrClF3O/c1-2-13-5-3-4-6(9,10)7(8,11)12/h3-4H,2,5H2,1H3. The first-order valence-corrected chi connectivity index (χ1v) is 4.68. The van der Waals surface area contributed by atoms with Crippen molar-refractivity contribution in [3.63, 3.8) is 0 Å². The molecular formula is C7H9BrClF3O. The summed E-state index contributed by atoms with van der Waals surface area (Å²) >= 11 is 6.72. The molecule has 0 amide bonds. The summed E-state index contributed by atoms with van der Waals surface area (Å²) in [5.74, 6) is 0. The Morgan fingerprint density at radius 1 is 1.46 bits per heavy atom. The van der Waals surface area contributed by atoms with Crippen LogP contribution in [0.5, 0.6) is 0 Å². The maximum Gasteiger partial charge on any atom is 0.352 e. The molecule has 0 aliphatic carbocycles. The molecule has 0 aliphatic rings. The van der Waals surface area contributed by atoms with Crippen LogP contribution in [0.25, 0.3) is 0 Å². The third-order valence-electron chi connectivity index (χ3n) is 1.12. The van der Waals surface area contributed by atoms with E-state index in [4.69, 9.17) is 16.3 Å². The molecule has 1 atom stereocenters. The highest BCUT2D eigenvalue weighted by atomic mass is 79.9. The third kappa shape index (κ3) is 4.88. The number of hydrogen-bond acceptors (Lipinski definition) is 1. The fraction of sp³-hybridized carbons (Fsp3) is 0.714. The van der Waals surface area contributed by atoms with Gasteiger partial charge in [-0.2, -0.15) is 8.78 Å². The Morgan fingerprint density at radius 2 is 2.00 bits per heavy atom. The molecule has 0 rings (SSSR count). The molecule has 0 spiro atoms. The smallest absolute Gasteiger partial charge is 0.352 e.